The largest absolute Gasteiger partial charge is 0.282 e. The van der Waals surface area contributed by atoms with E-state index in [0.29, 0.717) is 0 Å². The molecule has 0 saturated carbocycles. The molecule has 190 valence electrons. The van der Waals surface area contributed by atoms with E-state index >= 15 is 0 Å². The normalized spacial score (nSPS) is 11.4. The summed E-state index contributed by atoms with van der Waals surface area (Å²) >= 11 is 0. The number of hydrogen-bond acceptors (Lipinski definition) is 2. The minimum atomic E-state index is 0.761. The van der Waals surface area contributed by atoms with Crippen LogP contribution >= 0.6 is 0 Å². The number of hydrogen-bond donors (Lipinski definition) is 0. The van der Waals surface area contributed by atoms with Gasteiger partial charge in [-0.05, 0) is 27.8 Å². The van der Waals surface area contributed by atoms with E-state index in [1.165, 1.54) is 22.3 Å². The van der Waals surface area contributed by atoms with Gasteiger partial charge in [-0.2, -0.15) is 5.10 Å². The summed E-state index contributed by atoms with van der Waals surface area (Å²) in [6.07, 6.45) is 6.01. The van der Waals surface area contributed by atoms with Crippen molar-refractivity contribution in [2.75, 3.05) is 0 Å². The van der Waals surface area contributed by atoms with Crippen molar-refractivity contribution in [1.82, 2.24) is 14.1 Å². The molecule has 7 rings (SSSR count). The van der Waals surface area contributed by atoms with E-state index in [2.05, 4.69) is 108 Å². The monoisotopic (exact) mass is 514 g/mol. The first-order chi connectivity index (χ1) is 19.8. The Labute approximate surface area is 233 Å². The Morgan fingerprint density at radius 2 is 0.950 bits per heavy atom. The van der Waals surface area contributed by atoms with Gasteiger partial charge in [-0.3, -0.25) is 4.40 Å². The maximum atomic E-state index is 5.02. The first-order valence-corrected chi connectivity index (χ1v) is 13.3. The minimum Gasteiger partial charge on any atom is -0.282 e. The highest BCUT2D eigenvalue weighted by Gasteiger charge is 2.15. The lowest BCUT2D eigenvalue weighted by Gasteiger charge is -2.04. The molecular weight excluding hydrogens is 488 g/mol. The molecular formula is C36H26N4. The molecule has 0 amide bonds. The van der Waals surface area contributed by atoms with Crippen LogP contribution in [0.4, 0.5) is 0 Å². The molecule has 0 bridgehead atoms. The molecule has 2 aromatic heterocycles. The molecule has 0 spiro atoms. The van der Waals surface area contributed by atoms with Gasteiger partial charge in [0.15, 0.2) is 0 Å². The number of imidazole rings is 2. The van der Waals surface area contributed by atoms with Crippen LogP contribution in [0.2, 0.25) is 0 Å². The highest BCUT2D eigenvalue weighted by atomic mass is 15.4. The molecule has 0 aliphatic rings. The summed E-state index contributed by atoms with van der Waals surface area (Å²) in [5, 5.41) is 4.79. The molecule has 7 aromatic rings. The zero-order chi connectivity index (χ0) is 26.7. The van der Waals surface area contributed by atoms with Gasteiger partial charge in [-0.15, -0.1) is 0 Å². The molecule has 0 radical (unpaired) electrons. The second-order valence-corrected chi connectivity index (χ2v) is 9.70. The minimum absolute atomic E-state index is 0.761. The van der Waals surface area contributed by atoms with Crippen molar-refractivity contribution in [2.45, 2.75) is 0 Å². The van der Waals surface area contributed by atoms with Crippen molar-refractivity contribution in [1.29, 1.82) is 0 Å². The first-order valence-electron chi connectivity index (χ1n) is 13.3. The second kappa shape index (κ2) is 10.4. The molecule has 5 aromatic carbocycles. The Balaban J connectivity index is 1.29. The summed E-state index contributed by atoms with van der Waals surface area (Å²) < 4.78 is 3.98. The van der Waals surface area contributed by atoms with E-state index in [0.717, 1.165) is 33.9 Å². The highest BCUT2D eigenvalue weighted by Crippen LogP contribution is 2.30. The summed E-state index contributed by atoms with van der Waals surface area (Å²) in [6, 6.07) is 48.2. The third kappa shape index (κ3) is 4.63. The third-order valence-corrected chi connectivity index (χ3v) is 7.10. The van der Waals surface area contributed by atoms with Gasteiger partial charge in [0.2, 0.25) is 5.78 Å². The van der Waals surface area contributed by atoms with Crippen LogP contribution in [0.1, 0.15) is 5.56 Å². The van der Waals surface area contributed by atoms with Gasteiger partial charge in [0, 0.05) is 17.3 Å². The maximum Gasteiger partial charge on any atom is 0.236 e. The summed E-state index contributed by atoms with van der Waals surface area (Å²) in [7, 11) is 0. The van der Waals surface area contributed by atoms with E-state index in [4.69, 9.17) is 10.1 Å². The van der Waals surface area contributed by atoms with Gasteiger partial charge in [-0.1, -0.05) is 140 Å². The van der Waals surface area contributed by atoms with Crippen LogP contribution in [-0.4, -0.2) is 20.3 Å². The molecule has 0 aliphatic heterocycles. The van der Waals surface area contributed by atoms with Gasteiger partial charge < -0.3 is 0 Å². The quantitative estimate of drug-likeness (QED) is 0.204. The molecule has 4 nitrogen and oxygen atoms in total. The van der Waals surface area contributed by atoms with Crippen molar-refractivity contribution in [3.05, 3.63) is 157 Å². The van der Waals surface area contributed by atoms with Crippen LogP contribution in [0.25, 0.3) is 50.5 Å². The van der Waals surface area contributed by atoms with E-state index < -0.39 is 0 Å². The van der Waals surface area contributed by atoms with Crippen LogP contribution in [-0.2, 0) is 0 Å². The molecule has 0 N–H and O–H groups in total. The smallest absolute Gasteiger partial charge is 0.236 e. The topological polar surface area (TPSA) is 34.6 Å². The van der Waals surface area contributed by atoms with Crippen LogP contribution in [0.15, 0.2) is 157 Å². The SMILES string of the molecule is C(=Nn1cc(-c2ccc(-c3ccccc3)cc2)n2cc(-c3ccc(-c4ccccc4)cc3)nc12)c1ccccc1. The molecule has 0 aliphatic carbocycles. The van der Waals surface area contributed by atoms with E-state index in [1.807, 2.05) is 59.6 Å². The molecule has 0 saturated heterocycles. The number of aromatic nitrogens is 3. The van der Waals surface area contributed by atoms with Crippen LogP contribution < -0.4 is 0 Å². The Bertz CT molecular complexity index is 1900. The predicted molar refractivity (Wildman–Crippen MR) is 164 cm³/mol. The van der Waals surface area contributed by atoms with Crippen LogP contribution in [0, 0.1) is 0 Å². The van der Waals surface area contributed by atoms with Crippen molar-refractivity contribution in [3.8, 4) is 44.8 Å². The average Bonchev–Trinajstić information content (AvgIpc) is 3.62. The van der Waals surface area contributed by atoms with Gasteiger partial charge in [0.05, 0.1) is 23.8 Å². The zero-order valence-electron chi connectivity index (χ0n) is 21.8. The third-order valence-electron chi connectivity index (χ3n) is 7.10. The van der Waals surface area contributed by atoms with Gasteiger partial charge in [0.1, 0.15) is 0 Å². The van der Waals surface area contributed by atoms with E-state index in [-0.39, 0.29) is 0 Å². The Morgan fingerprint density at radius 3 is 1.52 bits per heavy atom. The lowest BCUT2D eigenvalue weighted by molar-refractivity contribution is 0.906. The predicted octanol–water partition coefficient (Wildman–Crippen LogP) is 8.69. The lowest BCUT2D eigenvalue weighted by Crippen LogP contribution is -1.90. The summed E-state index contributed by atoms with van der Waals surface area (Å²) in [5.74, 6) is 0.761. The van der Waals surface area contributed by atoms with Gasteiger partial charge in [0.25, 0.3) is 0 Å². The summed E-state index contributed by atoms with van der Waals surface area (Å²) in [6.45, 7) is 0. The number of fused-ring (bicyclic) bond motifs is 1. The second-order valence-electron chi connectivity index (χ2n) is 9.70. The molecule has 4 heteroatoms. The fourth-order valence-corrected chi connectivity index (χ4v) is 4.98. The van der Waals surface area contributed by atoms with Crippen molar-refractivity contribution >= 4 is 12.0 Å². The summed E-state index contributed by atoms with van der Waals surface area (Å²) in [4.78, 5) is 5.02. The van der Waals surface area contributed by atoms with Gasteiger partial charge >= 0.3 is 0 Å². The molecule has 0 fully saturated rings. The molecule has 2 heterocycles. The summed E-state index contributed by atoms with van der Waals surface area (Å²) in [5.41, 5.74) is 9.90. The van der Waals surface area contributed by atoms with E-state index in [9.17, 15) is 0 Å². The number of rotatable bonds is 6. The van der Waals surface area contributed by atoms with Crippen molar-refractivity contribution < 1.29 is 0 Å². The Morgan fingerprint density at radius 1 is 0.475 bits per heavy atom. The van der Waals surface area contributed by atoms with Crippen LogP contribution in [0.5, 0.6) is 0 Å². The zero-order valence-corrected chi connectivity index (χ0v) is 21.8. The fraction of sp³-hybridized carbons (Fsp3) is 0. The first kappa shape index (κ1) is 23.6. The standard InChI is InChI=1S/C36H26N4/c1-4-10-27(11-5-1)24-37-40-26-35(33-22-18-31(19-23-33)29-14-8-3-9-15-29)39-25-34(38-36(39)40)32-20-16-30(17-21-32)28-12-6-2-7-13-28/h1-26H. The van der Waals surface area contributed by atoms with E-state index in [1.54, 1.807) is 0 Å². The molecule has 0 atom stereocenters. The van der Waals surface area contributed by atoms with Crippen molar-refractivity contribution in [2.24, 2.45) is 5.10 Å². The average molecular weight is 515 g/mol. The highest BCUT2D eigenvalue weighted by molar-refractivity contribution is 5.80. The van der Waals surface area contributed by atoms with Crippen molar-refractivity contribution in [3.63, 3.8) is 0 Å². The molecule has 40 heavy (non-hydrogen) atoms. The van der Waals surface area contributed by atoms with Gasteiger partial charge in [-0.25, -0.2) is 9.66 Å². The van der Waals surface area contributed by atoms with Crippen LogP contribution in [0.3, 0.4) is 0 Å². The fourth-order valence-electron chi connectivity index (χ4n) is 4.98. The number of benzene rings is 5. The lowest BCUT2D eigenvalue weighted by atomic mass is 10.0. The Kier molecular flexibility index (Phi) is 6.11. The maximum absolute atomic E-state index is 5.02. The Hall–Kier alpha value is -5.48. The number of nitrogens with zero attached hydrogens (tertiary/aromatic N) is 4. The molecule has 0 unspecified atom stereocenters.